The highest BCUT2D eigenvalue weighted by Gasteiger charge is 2.18. The molecule has 2 N–H and O–H groups in total. The molecule has 1 fully saturated rings. The van der Waals surface area contributed by atoms with Crippen LogP contribution < -0.4 is 11.1 Å². The van der Waals surface area contributed by atoms with Gasteiger partial charge in [-0.05, 0) is 19.4 Å². The molecule has 1 heterocycles. The molecule has 1 aliphatic heterocycles. The molecule has 0 saturated carbocycles. The van der Waals surface area contributed by atoms with Crippen LogP contribution in [0.5, 0.6) is 0 Å². The Kier molecular flexibility index (Phi) is 4.58. The van der Waals surface area contributed by atoms with Gasteiger partial charge in [0.1, 0.15) is 0 Å². The van der Waals surface area contributed by atoms with E-state index in [1.54, 1.807) is 0 Å². The van der Waals surface area contributed by atoms with E-state index in [9.17, 15) is 0 Å². The summed E-state index contributed by atoms with van der Waals surface area (Å²) in [4.78, 5) is 2.48. The van der Waals surface area contributed by atoms with E-state index in [1.807, 2.05) is 0 Å². The molecule has 71 valence electrons. The molecular weight excluding hydrogens is 150 g/mol. The fourth-order valence-electron chi connectivity index (χ4n) is 1.87. The third-order valence-corrected chi connectivity index (χ3v) is 2.58. The average molecular weight is 170 g/mol. The standard InChI is InChI=1S/C9H20N3/c1-2-12(8-5-10)9-3-6-11-7-4-9/h9H,2-8,10H2,1H3. The second kappa shape index (κ2) is 5.51. The van der Waals surface area contributed by atoms with Crippen molar-refractivity contribution in [1.29, 1.82) is 0 Å². The predicted molar refractivity (Wildman–Crippen MR) is 51.2 cm³/mol. The Morgan fingerprint density at radius 3 is 2.58 bits per heavy atom. The van der Waals surface area contributed by atoms with E-state index >= 15 is 0 Å². The quantitative estimate of drug-likeness (QED) is 0.647. The molecule has 0 spiro atoms. The molecule has 0 atom stereocenters. The summed E-state index contributed by atoms with van der Waals surface area (Å²) in [5.74, 6) is 0. The van der Waals surface area contributed by atoms with Gasteiger partial charge < -0.3 is 5.73 Å². The summed E-state index contributed by atoms with van der Waals surface area (Å²) in [6.07, 6.45) is 2.46. The highest BCUT2D eigenvalue weighted by atomic mass is 15.2. The van der Waals surface area contributed by atoms with Gasteiger partial charge >= 0.3 is 0 Å². The van der Waals surface area contributed by atoms with Crippen molar-refractivity contribution >= 4 is 0 Å². The van der Waals surface area contributed by atoms with Crippen LogP contribution in [-0.4, -0.2) is 43.7 Å². The van der Waals surface area contributed by atoms with Crippen LogP contribution in [0.1, 0.15) is 19.8 Å². The molecule has 0 aromatic heterocycles. The summed E-state index contributed by atoms with van der Waals surface area (Å²) < 4.78 is 0. The van der Waals surface area contributed by atoms with Crippen molar-refractivity contribution < 1.29 is 0 Å². The summed E-state index contributed by atoms with van der Waals surface area (Å²) in [5.41, 5.74) is 5.55. The second-order valence-electron chi connectivity index (χ2n) is 3.32. The Hall–Kier alpha value is -0.120. The maximum absolute atomic E-state index is 5.55. The Balaban J connectivity index is 2.29. The Morgan fingerprint density at radius 1 is 1.42 bits per heavy atom. The van der Waals surface area contributed by atoms with E-state index in [2.05, 4.69) is 17.1 Å². The van der Waals surface area contributed by atoms with Crippen LogP contribution in [0.15, 0.2) is 0 Å². The molecule has 0 aromatic carbocycles. The molecule has 0 bridgehead atoms. The zero-order valence-electron chi connectivity index (χ0n) is 8.00. The van der Waals surface area contributed by atoms with Gasteiger partial charge in [-0.1, -0.05) is 6.92 Å². The zero-order chi connectivity index (χ0) is 8.81. The van der Waals surface area contributed by atoms with Gasteiger partial charge in [-0.3, -0.25) is 4.90 Å². The molecule has 1 aliphatic rings. The fraction of sp³-hybridized carbons (Fsp3) is 1.00. The van der Waals surface area contributed by atoms with E-state index in [1.165, 1.54) is 12.8 Å². The van der Waals surface area contributed by atoms with Crippen LogP contribution in [0.3, 0.4) is 0 Å². The molecule has 1 saturated heterocycles. The van der Waals surface area contributed by atoms with Crippen molar-refractivity contribution in [3.8, 4) is 0 Å². The van der Waals surface area contributed by atoms with Crippen molar-refractivity contribution in [3.63, 3.8) is 0 Å². The molecule has 0 aliphatic carbocycles. The number of hydrogen-bond acceptors (Lipinski definition) is 2. The van der Waals surface area contributed by atoms with Gasteiger partial charge in [0.25, 0.3) is 0 Å². The molecule has 3 heteroatoms. The lowest BCUT2D eigenvalue weighted by molar-refractivity contribution is 0.173. The minimum atomic E-state index is 0.746. The van der Waals surface area contributed by atoms with Gasteiger partial charge in [0.15, 0.2) is 0 Å². The normalized spacial score (nSPS) is 20.2. The topological polar surface area (TPSA) is 43.4 Å². The fourth-order valence-corrected chi connectivity index (χ4v) is 1.87. The summed E-state index contributed by atoms with van der Waals surface area (Å²) >= 11 is 0. The van der Waals surface area contributed by atoms with E-state index in [4.69, 9.17) is 5.73 Å². The van der Waals surface area contributed by atoms with Crippen LogP contribution in [0.4, 0.5) is 0 Å². The number of rotatable bonds is 4. The highest BCUT2D eigenvalue weighted by Crippen LogP contribution is 2.11. The monoisotopic (exact) mass is 170 g/mol. The lowest BCUT2D eigenvalue weighted by Crippen LogP contribution is -2.43. The second-order valence-corrected chi connectivity index (χ2v) is 3.32. The van der Waals surface area contributed by atoms with Crippen LogP contribution in [0.25, 0.3) is 0 Å². The van der Waals surface area contributed by atoms with Crippen LogP contribution >= 0.6 is 0 Å². The first-order valence-electron chi connectivity index (χ1n) is 4.95. The van der Waals surface area contributed by atoms with Crippen molar-refractivity contribution in [2.75, 3.05) is 32.7 Å². The van der Waals surface area contributed by atoms with Gasteiger partial charge in [-0.15, -0.1) is 0 Å². The average Bonchev–Trinajstić information content (AvgIpc) is 2.15. The Morgan fingerprint density at radius 2 is 2.08 bits per heavy atom. The molecular formula is C9H20N3. The van der Waals surface area contributed by atoms with E-state index in [0.717, 1.165) is 38.8 Å². The van der Waals surface area contributed by atoms with Gasteiger partial charge in [0, 0.05) is 32.2 Å². The first-order chi connectivity index (χ1) is 5.88. The maximum Gasteiger partial charge on any atom is 0.0148 e. The molecule has 1 radical (unpaired) electrons. The van der Waals surface area contributed by atoms with E-state index in [0.29, 0.717) is 0 Å². The van der Waals surface area contributed by atoms with E-state index < -0.39 is 0 Å². The molecule has 12 heavy (non-hydrogen) atoms. The smallest absolute Gasteiger partial charge is 0.0148 e. The van der Waals surface area contributed by atoms with Gasteiger partial charge in [0.05, 0.1) is 0 Å². The van der Waals surface area contributed by atoms with Crippen molar-refractivity contribution in [2.45, 2.75) is 25.8 Å². The molecule has 0 unspecified atom stereocenters. The summed E-state index contributed by atoms with van der Waals surface area (Å²) in [6.45, 7) is 7.25. The number of nitrogens with two attached hydrogens (primary N) is 1. The summed E-state index contributed by atoms with van der Waals surface area (Å²) in [7, 11) is 0. The van der Waals surface area contributed by atoms with Crippen LogP contribution in [-0.2, 0) is 0 Å². The number of nitrogens with zero attached hydrogens (tertiary/aromatic N) is 2. The van der Waals surface area contributed by atoms with Crippen LogP contribution in [0, 0.1) is 0 Å². The number of hydrogen-bond donors (Lipinski definition) is 1. The first-order valence-corrected chi connectivity index (χ1v) is 4.95. The van der Waals surface area contributed by atoms with Crippen LogP contribution in [0.2, 0.25) is 0 Å². The minimum absolute atomic E-state index is 0.746. The Labute approximate surface area is 75.3 Å². The van der Waals surface area contributed by atoms with Gasteiger partial charge in [-0.2, -0.15) is 0 Å². The lowest BCUT2D eigenvalue weighted by atomic mass is 10.1. The predicted octanol–water partition coefficient (Wildman–Crippen LogP) is 0.0338. The van der Waals surface area contributed by atoms with Crippen molar-refractivity contribution in [2.24, 2.45) is 5.73 Å². The van der Waals surface area contributed by atoms with Crippen molar-refractivity contribution in [3.05, 3.63) is 0 Å². The largest absolute Gasteiger partial charge is 0.329 e. The minimum Gasteiger partial charge on any atom is -0.329 e. The lowest BCUT2D eigenvalue weighted by Gasteiger charge is -2.32. The van der Waals surface area contributed by atoms with Gasteiger partial charge in [-0.25, -0.2) is 5.32 Å². The maximum atomic E-state index is 5.55. The molecule has 3 nitrogen and oxygen atoms in total. The zero-order valence-corrected chi connectivity index (χ0v) is 8.00. The first kappa shape index (κ1) is 9.96. The molecule has 0 aromatic rings. The summed E-state index contributed by atoms with van der Waals surface area (Å²) in [5, 5.41) is 4.35. The van der Waals surface area contributed by atoms with Crippen molar-refractivity contribution in [1.82, 2.24) is 10.2 Å². The third-order valence-electron chi connectivity index (χ3n) is 2.58. The van der Waals surface area contributed by atoms with Gasteiger partial charge in [0.2, 0.25) is 0 Å². The highest BCUT2D eigenvalue weighted by molar-refractivity contribution is 4.76. The van der Waals surface area contributed by atoms with E-state index in [-0.39, 0.29) is 0 Å². The SMILES string of the molecule is CCN(CCN)C1CC[N]CC1. The number of piperidine rings is 1. The molecule has 0 amide bonds. The molecule has 1 rings (SSSR count). The number of likely N-dealkylation sites (N-methyl/N-ethyl adjacent to an activating group) is 1. The summed E-state index contributed by atoms with van der Waals surface area (Å²) in [6, 6.07) is 0.746. The third kappa shape index (κ3) is 2.73. The Bertz CT molecular complexity index is 108.